The third-order valence-electron chi connectivity index (χ3n) is 5.27. The fraction of sp³-hybridized carbons (Fsp3) is 0.316. The Balaban J connectivity index is 1.40. The minimum absolute atomic E-state index is 0.219. The van der Waals surface area contributed by atoms with E-state index in [0.717, 1.165) is 4.90 Å². The Bertz CT molecular complexity index is 1090. The lowest BCUT2D eigenvalue weighted by Gasteiger charge is -2.30. The van der Waals surface area contributed by atoms with E-state index >= 15 is 0 Å². The van der Waals surface area contributed by atoms with E-state index in [4.69, 9.17) is 0 Å². The van der Waals surface area contributed by atoms with Gasteiger partial charge in [0.15, 0.2) is 0 Å². The van der Waals surface area contributed by atoms with Crippen molar-refractivity contribution in [1.29, 1.82) is 0 Å². The van der Waals surface area contributed by atoms with E-state index in [9.17, 15) is 22.8 Å². The van der Waals surface area contributed by atoms with Gasteiger partial charge in [0, 0.05) is 31.7 Å². The van der Waals surface area contributed by atoms with Gasteiger partial charge in [0.2, 0.25) is 5.91 Å². The average Bonchev–Trinajstić information content (AvgIpc) is 3.33. The van der Waals surface area contributed by atoms with Crippen LogP contribution in [0.25, 0.3) is 0 Å². The molecule has 152 valence electrons. The highest BCUT2D eigenvalue weighted by atomic mass is 32.2. The molecule has 10 heteroatoms. The van der Waals surface area contributed by atoms with E-state index in [0.29, 0.717) is 28.3 Å². The number of thiophene rings is 1. The number of carbonyl (C=O) groups excluding carboxylic acids is 3. The Morgan fingerprint density at radius 1 is 1.10 bits per heavy atom. The highest BCUT2D eigenvalue weighted by Gasteiger charge is 2.34. The molecule has 0 radical (unpaired) electrons. The molecule has 29 heavy (non-hydrogen) atoms. The van der Waals surface area contributed by atoms with Crippen molar-refractivity contribution in [3.8, 4) is 0 Å². The standard InChI is InChI=1S/C19H19N3O5S2/c1-21-18(24)14-5-4-13(11-15(14)19(21)25)20-17(23)12-6-8-22(9-7-12)29(26,27)16-3-2-10-28-16/h2-5,10-12H,6-9H2,1H3,(H,20,23). The number of piperidine rings is 1. The molecular formula is C19H19N3O5S2. The molecular weight excluding hydrogens is 414 g/mol. The van der Waals surface area contributed by atoms with Crippen LogP contribution in [-0.2, 0) is 14.8 Å². The summed E-state index contributed by atoms with van der Waals surface area (Å²) in [5, 5.41) is 4.51. The second-order valence-corrected chi connectivity index (χ2v) is 10.1. The molecule has 1 aromatic heterocycles. The molecule has 3 heterocycles. The van der Waals surface area contributed by atoms with E-state index < -0.39 is 15.9 Å². The Labute approximate surface area is 172 Å². The van der Waals surface area contributed by atoms with Crippen LogP contribution in [0.2, 0.25) is 0 Å². The van der Waals surface area contributed by atoms with Crippen molar-refractivity contribution < 1.29 is 22.8 Å². The first-order chi connectivity index (χ1) is 13.8. The zero-order chi connectivity index (χ0) is 20.8. The Morgan fingerprint density at radius 2 is 1.79 bits per heavy atom. The van der Waals surface area contributed by atoms with Crippen molar-refractivity contribution in [2.75, 3.05) is 25.5 Å². The molecule has 4 rings (SSSR count). The van der Waals surface area contributed by atoms with Crippen LogP contribution in [-0.4, -0.2) is 55.5 Å². The molecule has 2 aliphatic rings. The fourth-order valence-corrected chi connectivity index (χ4v) is 6.19. The van der Waals surface area contributed by atoms with Crippen LogP contribution < -0.4 is 5.32 Å². The van der Waals surface area contributed by atoms with Crippen LogP contribution in [0.15, 0.2) is 39.9 Å². The summed E-state index contributed by atoms with van der Waals surface area (Å²) in [7, 11) is -2.09. The van der Waals surface area contributed by atoms with Crippen LogP contribution in [0.5, 0.6) is 0 Å². The molecule has 0 saturated carbocycles. The number of nitrogens with zero attached hydrogens (tertiary/aromatic N) is 2. The zero-order valence-corrected chi connectivity index (χ0v) is 17.3. The molecule has 1 saturated heterocycles. The van der Waals surface area contributed by atoms with Gasteiger partial charge in [0.25, 0.3) is 21.8 Å². The number of benzene rings is 1. The summed E-state index contributed by atoms with van der Waals surface area (Å²) in [5.41, 5.74) is 1.04. The van der Waals surface area contributed by atoms with Gasteiger partial charge in [0.1, 0.15) is 4.21 Å². The second-order valence-electron chi connectivity index (χ2n) is 7.03. The number of hydrogen-bond acceptors (Lipinski definition) is 6. The maximum Gasteiger partial charge on any atom is 0.261 e. The van der Waals surface area contributed by atoms with Gasteiger partial charge in [-0.25, -0.2) is 8.42 Å². The molecule has 8 nitrogen and oxygen atoms in total. The summed E-state index contributed by atoms with van der Waals surface area (Å²) >= 11 is 1.18. The van der Waals surface area contributed by atoms with Gasteiger partial charge >= 0.3 is 0 Å². The van der Waals surface area contributed by atoms with E-state index in [2.05, 4.69) is 5.32 Å². The molecule has 0 bridgehead atoms. The van der Waals surface area contributed by atoms with Crippen molar-refractivity contribution in [3.63, 3.8) is 0 Å². The monoisotopic (exact) mass is 433 g/mol. The van der Waals surface area contributed by atoms with Crippen molar-refractivity contribution >= 4 is 44.8 Å². The largest absolute Gasteiger partial charge is 0.326 e. The minimum atomic E-state index is -3.50. The lowest BCUT2D eigenvalue weighted by molar-refractivity contribution is -0.120. The van der Waals surface area contributed by atoms with Crippen molar-refractivity contribution in [1.82, 2.24) is 9.21 Å². The molecule has 1 fully saturated rings. The summed E-state index contributed by atoms with van der Waals surface area (Å²) in [6.07, 6.45) is 0.836. The van der Waals surface area contributed by atoms with E-state index in [1.165, 1.54) is 34.8 Å². The molecule has 0 atom stereocenters. The van der Waals surface area contributed by atoms with Gasteiger partial charge < -0.3 is 5.32 Å². The average molecular weight is 434 g/mol. The predicted octanol–water partition coefficient (Wildman–Crippen LogP) is 2.01. The number of imide groups is 1. The van der Waals surface area contributed by atoms with Crippen molar-refractivity contribution in [2.45, 2.75) is 17.1 Å². The third kappa shape index (κ3) is 3.47. The van der Waals surface area contributed by atoms with Gasteiger partial charge in [-0.2, -0.15) is 4.31 Å². The lowest BCUT2D eigenvalue weighted by atomic mass is 9.97. The van der Waals surface area contributed by atoms with Gasteiger partial charge in [-0.3, -0.25) is 19.3 Å². The molecule has 3 amide bonds. The lowest BCUT2D eigenvalue weighted by Crippen LogP contribution is -2.41. The van der Waals surface area contributed by atoms with Gasteiger partial charge in [-0.05, 0) is 42.5 Å². The van der Waals surface area contributed by atoms with Crippen LogP contribution >= 0.6 is 11.3 Å². The third-order valence-corrected chi connectivity index (χ3v) is 8.54. The van der Waals surface area contributed by atoms with E-state index in [1.54, 1.807) is 23.6 Å². The van der Waals surface area contributed by atoms with Gasteiger partial charge in [-0.15, -0.1) is 11.3 Å². The first-order valence-corrected chi connectivity index (χ1v) is 11.4. The smallest absolute Gasteiger partial charge is 0.261 e. The molecule has 1 aromatic carbocycles. The molecule has 0 unspecified atom stereocenters. The SMILES string of the molecule is CN1C(=O)c2ccc(NC(=O)C3CCN(S(=O)(=O)c4cccs4)CC3)cc2C1=O. The topological polar surface area (TPSA) is 104 Å². The Kier molecular flexibility index (Phi) is 5.01. The summed E-state index contributed by atoms with van der Waals surface area (Å²) in [6.45, 7) is 0.556. The maximum absolute atomic E-state index is 12.6. The highest BCUT2D eigenvalue weighted by Crippen LogP contribution is 2.28. The molecule has 1 N–H and O–H groups in total. The summed E-state index contributed by atoms with van der Waals surface area (Å²) in [6, 6.07) is 7.91. The van der Waals surface area contributed by atoms with Gasteiger partial charge in [0.05, 0.1) is 11.1 Å². The van der Waals surface area contributed by atoms with Crippen molar-refractivity contribution in [3.05, 3.63) is 46.8 Å². The van der Waals surface area contributed by atoms with Crippen LogP contribution in [0.3, 0.4) is 0 Å². The number of amides is 3. The molecule has 0 aliphatic carbocycles. The van der Waals surface area contributed by atoms with E-state index in [1.807, 2.05) is 0 Å². The first-order valence-electron chi connectivity index (χ1n) is 9.10. The quantitative estimate of drug-likeness (QED) is 0.743. The number of rotatable bonds is 4. The van der Waals surface area contributed by atoms with Crippen LogP contribution in [0.4, 0.5) is 5.69 Å². The Hall–Kier alpha value is -2.56. The summed E-state index contributed by atoms with van der Waals surface area (Å²) in [4.78, 5) is 37.7. The van der Waals surface area contributed by atoms with Crippen LogP contribution in [0.1, 0.15) is 33.6 Å². The number of nitrogens with one attached hydrogen (secondary N) is 1. The number of sulfonamides is 1. The summed E-state index contributed by atoms with van der Waals surface area (Å²) in [5.74, 6) is -1.29. The molecule has 2 aliphatic heterocycles. The normalized spacial score (nSPS) is 18.2. The first kappa shape index (κ1) is 19.7. The number of carbonyl (C=O) groups is 3. The van der Waals surface area contributed by atoms with E-state index in [-0.39, 0.29) is 36.4 Å². The zero-order valence-electron chi connectivity index (χ0n) is 15.6. The second kappa shape index (κ2) is 7.36. The predicted molar refractivity (Wildman–Crippen MR) is 107 cm³/mol. The number of anilines is 1. The maximum atomic E-state index is 12.6. The summed E-state index contributed by atoms with van der Waals surface area (Å²) < 4.78 is 26.9. The minimum Gasteiger partial charge on any atom is -0.326 e. The van der Waals surface area contributed by atoms with Crippen LogP contribution in [0, 0.1) is 5.92 Å². The molecule has 2 aromatic rings. The Morgan fingerprint density at radius 3 is 2.45 bits per heavy atom. The van der Waals surface area contributed by atoms with Crippen molar-refractivity contribution in [2.24, 2.45) is 5.92 Å². The van der Waals surface area contributed by atoms with Gasteiger partial charge in [-0.1, -0.05) is 6.07 Å². The number of hydrogen-bond donors (Lipinski definition) is 1. The number of fused-ring (bicyclic) bond motifs is 1. The fourth-order valence-electron chi connectivity index (χ4n) is 3.58. The molecule has 0 spiro atoms. The highest BCUT2D eigenvalue weighted by molar-refractivity contribution is 7.91.